The summed E-state index contributed by atoms with van der Waals surface area (Å²) in [6, 6.07) is 11.4. The summed E-state index contributed by atoms with van der Waals surface area (Å²) < 4.78 is 0. The Labute approximate surface area is 119 Å². The average Bonchev–Trinajstić information content (AvgIpc) is 2.41. The van der Waals surface area contributed by atoms with Crippen LogP contribution in [0, 0.1) is 6.92 Å². The summed E-state index contributed by atoms with van der Waals surface area (Å²) in [6.07, 6.45) is 1.60. The quantitative estimate of drug-likeness (QED) is 0.928. The summed E-state index contributed by atoms with van der Waals surface area (Å²) in [6.45, 7) is 2.68. The molecule has 0 bridgehead atoms. The first kappa shape index (κ1) is 14.2. The van der Waals surface area contributed by atoms with E-state index in [4.69, 9.17) is 0 Å². The van der Waals surface area contributed by atoms with E-state index >= 15 is 0 Å². The maximum Gasteiger partial charge on any atom is 0.257 e. The highest BCUT2D eigenvalue weighted by Crippen LogP contribution is 2.17. The van der Waals surface area contributed by atoms with Crippen LogP contribution >= 0.6 is 0 Å². The molecule has 1 heterocycles. The minimum Gasteiger partial charge on any atom is -0.322 e. The third-order valence-electron chi connectivity index (χ3n) is 2.93. The van der Waals surface area contributed by atoms with Gasteiger partial charge in [0.2, 0.25) is 0 Å². The van der Waals surface area contributed by atoms with Gasteiger partial charge in [0.1, 0.15) is 0 Å². The normalized spacial score (nSPS) is 10.6. The number of aryl methyl sites for hydroxylation is 1. The van der Waals surface area contributed by atoms with Crippen LogP contribution in [0.15, 0.2) is 42.6 Å². The summed E-state index contributed by atoms with van der Waals surface area (Å²) in [5.41, 5.74) is 3.39. The van der Waals surface area contributed by atoms with Crippen molar-refractivity contribution in [3.8, 4) is 0 Å². The third kappa shape index (κ3) is 3.65. The lowest BCUT2D eigenvalue weighted by Gasteiger charge is -2.14. The first-order valence-electron chi connectivity index (χ1n) is 6.53. The topological polar surface area (TPSA) is 45.2 Å². The Bertz CT molecular complexity index is 591. The average molecular weight is 269 g/mol. The van der Waals surface area contributed by atoms with Gasteiger partial charge in [0.25, 0.3) is 5.91 Å². The summed E-state index contributed by atoms with van der Waals surface area (Å²) in [5, 5.41) is 2.95. The van der Waals surface area contributed by atoms with E-state index in [1.54, 1.807) is 12.3 Å². The Hall–Kier alpha value is -2.20. The van der Waals surface area contributed by atoms with E-state index < -0.39 is 0 Å². The number of amides is 1. The highest BCUT2D eigenvalue weighted by Gasteiger charge is 2.09. The molecule has 0 aliphatic carbocycles. The highest BCUT2D eigenvalue weighted by atomic mass is 16.1. The molecule has 1 N–H and O–H groups in total. The molecule has 2 aromatic rings. The van der Waals surface area contributed by atoms with Crippen molar-refractivity contribution in [2.75, 3.05) is 19.4 Å². The first-order chi connectivity index (χ1) is 9.56. The summed E-state index contributed by atoms with van der Waals surface area (Å²) in [4.78, 5) is 18.4. The summed E-state index contributed by atoms with van der Waals surface area (Å²) in [7, 11) is 4.00. The molecule has 0 saturated carbocycles. The van der Waals surface area contributed by atoms with Crippen molar-refractivity contribution in [3.05, 3.63) is 59.4 Å². The predicted molar refractivity (Wildman–Crippen MR) is 80.8 cm³/mol. The van der Waals surface area contributed by atoms with Crippen molar-refractivity contribution in [2.45, 2.75) is 13.5 Å². The number of para-hydroxylation sites is 1. The van der Waals surface area contributed by atoms with Crippen LogP contribution in [-0.4, -0.2) is 29.9 Å². The van der Waals surface area contributed by atoms with Gasteiger partial charge in [-0.3, -0.25) is 9.78 Å². The zero-order valence-electron chi connectivity index (χ0n) is 12.1. The fraction of sp³-hybridized carbons (Fsp3) is 0.250. The second-order valence-electron chi connectivity index (χ2n) is 5.04. The second-order valence-corrected chi connectivity index (χ2v) is 5.04. The van der Waals surface area contributed by atoms with Crippen LogP contribution < -0.4 is 5.32 Å². The van der Waals surface area contributed by atoms with Crippen LogP contribution in [0.4, 0.5) is 5.69 Å². The molecule has 20 heavy (non-hydrogen) atoms. The molecular formula is C16H19N3O. The lowest BCUT2D eigenvalue weighted by molar-refractivity contribution is 0.102. The molecule has 2 rings (SSSR count). The molecule has 1 amide bonds. The fourth-order valence-corrected chi connectivity index (χ4v) is 1.92. The number of aromatic nitrogens is 1. The number of benzene rings is 1. The largest absolute Gasteiger partial charge is 0.322 e. The van der Waals surface area contributed by atoms with E-state index in [-0.39, 0.29) is 5.91 Å². The minimum absolute atomic E-state index is 0.135. The number of carbonyl (C=O) groups is 1. The lowest BCUT2D eigenvalue weighted by atomic mass is 10.1. The van der Waals surface area contributed by atoms with Crippen molar-refractivity contribution in [1.29, 1.82) is 0 Å². The van der Waals surface area contributed by atoms with Crippen LogP contribution in [0.5, 0.6) is 0 Å². The Kier molecular flexibility index (Phi) is 4.48. The minimum atomic E-state index is -0.135. The van der Waals surface area contributed by atoms with Crippen LogP contribution in [0.3, 0.4) is 0 Å². The molecule has 0 aliphatic heterocycles. The number of nitrogens with zero attached hydrogens (tertiary/aromatic N) is 2. The monoisotopic (exact) mass is 269 g/mol. The number of pyridine rings is 1. The molecule has 0 spiro atoms. The molecule has 0 saturated heterocycles. The molecule has 0 aliphatic rings. The SMILES string of the molecule is Cc1ccc(C(=O)Nc2ccccc2CN(C)C)cn1. The van der Waals surface area contributed by atoms with Gasteiger partial charge in [0.05, 0.1) is 5.56 Å². The Morgan fingerprint density at radius 1 is 1.20 bits per heavy atom. The van der Waals surface area contributed by atoms with Gasteiger partial charge >= 0.3 is 0 Å². The highest BCUT2D eigenvalue weighted by molar-refractivity contribution is 6.04. The van der Waals surface area contributed by atoms with Gasteiger partial charge in [0.15, 0.2) is 0 Å². The first-order valence-corrected chi connectivity index (χ1v) is 6.53. The zero-order chi connectivity index (χ0) is 14.5. The molecule has 0 fully saturated rings. The summed E-state index contributed by atoms with van der Waals surface area (Å²) >= 11 is 0. The van der Waals surface area contributed by atoms with Gasteiger partial charge in [-0.15, -0.1) is 0 Å². The Balaban J connectivity index is 2.17. The van der Waals surface area contributed by atoms with Gasteiger partial charge in [0, 0.05) is 24.1 Å². The molecule has 0 unspecified atom stereocenters. The van der Waals surface area contributed by atoms with Crippen molar-refractivity contribution in [1.82, 2.24) is 9.88 Å². The van der Waals surface area contributed by atoms with E-state index in [0.717, 1.165) is 23.5 Å². The fourth-order valence-electron chi connectivity index (χ4n) is 1.92. The molecular weight excluding hydrogens is 250 g/mol. The van der Waals surface area contributed by atoms with E-state index in [0.29, 0.717) is 5.56 Å². The van der Waals surface area contributed by atoms with Gasteiger partial charge in [-0.1, -0.05) is 18.2 Å². The molecule has 4 nitrogen and oxygen atoms in total. The van der Waals surface area contributed by atoms with Crippen LogP contribution in [0.1, 0.15) is 21.6 Å². The number of anilines is 1. The number of rotatable bonds is 4. The molecule has 0 atom stereocenters. The lowest BCUT2D eigenvalue weighted by Crippen LogP contribution is -2.16. The van der Waals surface area contributed by atoms with Gasteiger partial charge in [-0.05, 0) is 44.8 Å². The zero-order valence-corrected chi connectivity index (χ0v) is 12.1. The van der Waals surface area contributed by atoms with E-state index in [1.807, 2.05) is 51.4 Å². The van der Waals surface area contributed by atoms with E-state index in [1.165, 1.54) is 0 Å². The summed E-state index contributed by atoms with van der Waals surface area (Å²) in [5.74, 6) is -0.135. The predicted octanol–water partition coefficient (Wildman–Crippen LogP) is 2.70. The van der Waals surface area contributed by atoms with Crippen molar-refractivity contribution in [3.63, 3.8) is 0 Å². The van der Waals surface area contributed by atoms with E-state index in [9.17, 15) is 4.79 Å². The Morgan fingerprint density at radius 3 is 2.60 bits per heavy atom. The van der Waals surface area contributed by atoms with Gasteiger partial charge < -0.3 is 10.2 Å². The molecule has 1 aromatic carbocycles. The van der Waals surface area contributed by atoms with Crippen molar-refractivity contribution < 1.29 is 4.79 Å². The molecule has 0 radical (unpaired) electrons. The second kappa shape index (κ2) is 6.30. The molecule has 104 valence electrons. The molecule has 1 aromatic heterocycles. The van der Waals surface area contributed by atoms with Crippen LogP contribution in [0.2, 0.25) is 0 Å². The van der Waals surface area contributed by atoms with Crippen LogP contribution in [-0.2, 0) is 6.54 Å². The Morgan fingerprint density at radius 2 is 1.95 bits per heavy atom. The van der Waals surface area contributed by atoms with Crippen molar-refractivity contribution >= 4 is 11.6 Å². The maximum atomic E-state index is 12.2. The van der Waals surface area contributed by atoms with Gasteiger partial charge in [-0.25, -0.2) is 0 Å². The van der Waals surface area contributed by atoms with Gasteiger partial charge in [-0.2, -0.15) is 0 Å². The number of hydrogen-bond acceptors (Lipinski definition) is 3. The van der Waals surface area contributed by atoms with E-state index in [2.05, 4.69) is 15.2 Å². The third-order valence-corrected chi connectivity index (χ3v) is 2.93. The van der Waals surface area contributed by atoms with Crippen molar-refractivity contribution in [2.24, 2.45) is 0 Å². The molecule has 4 heteroatoms. The number of carbonyl (C=O) groups excluding carboxylic acids is 1. The standard InChI is InChI=1S/C16H19N3O/c1-12-8-9-13(10-17-12)16(20)18-15-7-5-4-6-14(15)11-19(2)3/h4-10H,11H2,1-3H3,(H,18,20). The smallest absolute Gasteiger partial charge is 0.257 e. The van der Waals surface area contributed by atoms with Crippen LogP contribution in [0.25, 0.3) is 0 Å². The number of nitrogens with one attached hydrogen (secondary N) is 1. The maximum absolute atomic E-state index is 12.2. The number of hydrogen-bond donors (Lipinski definition) is 1.